The molecule has 4 nitrogen and oxygen atoms in total. The van der Waals surface area contributed by atoms with Crippen molar-refractivity contribution in [3.8, 4) is 0 Å². The topological polar surface area (TPSA) is 50.9 Å². The molecular formula is C15H19N3OS. The van der Waals surface area contributed by atoms with Crippen LogP contribution in [-0.2, 0) is 13.0 Å². The van der Waals surface area contributed by atoms with Gasteiger partial charge in [-0.3, -0.25) is 0 Å². The summed E-state index contributed by atoms with van der Waals surface area (Å²) < 4.78 is 2.23. The monoisotopic (exact) mass is 289 g/mol. The van der Waals surface area contributed by atoms with Crippen molar-refractivity contribution in [2.45, 2.75) is 55.3 Å². The molecule has 0 aliphatic carbocycles. The van der Waals surface area contributed by atoms with E-state index in [1.165, 1.54) is 19.3 Å². The predicted octanol–water partition coefficient (Wildman–Crippen LogP) is 3.21. The number of rotatable bonds is 3. The Bertz CT molecular complexity index is 595. The maximum Gasteiger partial charge on any atom is 0.196 e. The van der Waals surface area contributed by atoms with E-state index in [2.05, 4.69) is 14.8 Å². The Balaban J connectivity index is 1.90. The van der Waals surface area contributed by atoms with Crippen LogP contribution in [0.3, 0.4) is 0 Å². The highest BCUT2D eigenvalue weighted by molar-refractivity contribution is 7.99. The van der Waals surface area contributed by atoms with Gasteiger partial charge in [-0.2, -0.15) is 0 Å². The number of benzene rings is 1. The minimum atomic E-state index is -0.467. The summed E-state index contributed by atoms with van der Waals surface area (Å²) in [5.74, 6) is 1.10. The normalized spacial score (nSPS) is 16.5. The number of nitrogens with zero attached hydrogens (tertiary/aromatic N) is 3. The van der Waals surface area contributed by atoms with Crippen molar-refractivity contribution in [3.05, 3.63) is 35.7 Å². The standard InChI is InChI=1S/C15H19N3OS/c1-11(19)12-7-4-5-8-13(12)20-15-17-16-14-9-3-2-6-10-18(14)15/h4-5,7-8,11,19H,2-3,6,9-10H2,1H3/t11-/m1/s1. The molecule has 5 heteroatoms. The highest BCUT2D eigenvalue weighted by atomic mass is 32.2. The third kappa shape index (κ3) is 2.74. The van der Waals surface area contributed by atoms with Crippen LogP contribution in [0.15, 0.2) is 34.3 Å². The SMILES string of the molecule is C[C@@H](O)c1ccccc1Sc1nnc2n1CCCCC2. The molecule has 1 atom stereocenters. The Labute approximate surface area is 123 Å². The fourth-order valence-corrected chi connectivity index (χ4v) is 3.64. The first-order valence-corrected chi connectivity index (χ1v) is 7.94. The minimum absolute atomic E-state index is 0.467. The molecule has 0 saturated heterocycles. The third-order valence-corrected chi connectivity index (χ3v) is 4.72. The van der Waals surface area contributed by atoms with Gasteiger partial charge in [0.1, 0.15) is 5.82 Å². The average Bonchev–Trinajstić information content (AvgIpc) is 2.68. The van der Waals surface area contributed by atoms with E-state index in [1.807, 2.05) is 24.3 Å². The van der Waals surface area contributed by atoms with Crippen molar-refractivity contribution >= 4 is 11.8 Å². The van der Waals surface area contributed by atoms with Gasteiger partial charge in [0.05, 0.1) is 6.10 Å². The number of aromatic nitrogens is 3. The fraction of sp³-hybridized carbons (Fsp3) is 0.467. The Morgan fingerprint density at radius 2 is 2.05 bits per heavy atom. The van der Waals surface area contributed by atoms with E-state index in [-0.39, 0.29) is 0 Å². The van der Waals surface area contributed by atoms with Gasteiger partial charge in [0.2, 0.25) is 0 Å². The molecule has 0 amide bonds. The third-order valence-electron chi connectivity index (χ3n) is 3.65. The summed E-state index contributed by atoms with van der Waals surface area (Å²) in [5.41, 5.74) is 0.948. The quantitative estimate of drug-likeness (QED) is 0.942. The lowest BCUT2D eigenvalue weighted by Crippen LogP contribution is -2.02. The zero-order valence-corrected chi connectivity index (χ0v) is 12.4. The molecular weight excluding hydrogens is 270 g/mol. The molecule has 106 valence electrons. The van der Waals surface area contributed by atoms with Gasteiger partial charge in [-0.25, -0.2) is 0 Å². The molecule has 1 aliphatic rings. The Morgan fingerprint density at radius 1 is 1.20 bits per heavy atom. The Morgan fingerprint density at radius 3 is 2.90 bits per heavy atom. The Kier molecular flexibility index (Phi) is 4.08. The molecule has 1 aliphatic heterocycles. The number of aryl methyl sites for hydroxylation is 1. The van der Waals surface area contributed by atoms with Crippen LogP contribution in [-0.4, -0.2) is 19.9 Å². The van der Waals surface area contributed by atoms with Crippen molar-refractivity contribution < 1.29 is 5.11 Å². The first-order chi connectivity index (χ1) is 9.75. The van der Waals surface area contributed by atoms with E-state index >= 15 is 0 Å². The van der Waals surface area contributed by atoms with Crippen molar-refractivity contribution in [1.82, 2.24) is 14.8 Å². The molecule has 0 saturated carbocycles. The molecule has 0 bridgehead atoms. The molecule has 1 aromatic heterocycles. The highest BCUT2D eigenvalue weighted by Gasteiger charge is 2.17. The van der Waals surface area contributed by atoms with Gasteiger partial charge < -0.3 is 9.67 Å². The first kappa shape index (κ1) is 13.6. The van der Waals surface area contributed by atoms with Crippen molar-refractivity contribution in [2.24, 2.45) is 0 Å². The molecule has 2 heterocycles. The van der Waals surface area contributed by atoms with E-state index in [9.17, 15) is 5.11 Å². The van der Waals surface area contributed by atoms with Crippen LogP contribution in [0.2, 0.25) is 0 Å². The molecule has 1 aromatic carbocycles. The molecule has 0 spiro atoms. The smallest absolute Gasteiger partial charge is 0.196 e. The van der Waals surface area contributed by atoms with Gasteiger partial charge in [0, 0.05) is 17.9 Å². The predicted molar refractivity (Wildman–Crippen MR) is 78.8 cm³/mol. The average molecular weight is 289 g/mol. The molecule has 0 unspecified atom stereocenters. The van der Waals surface area contributed by atoms with E-state index < -0.39 is 6.10 Å². The zero-order valence-electron chi connectivity index (χ0n) is 11.6. The number of hydrogen-bond acceptors (Lipinski definition) is 4. The van der Waals surface area contributed by atoms with E-state index in [0.29, 0.717) is 0 Å². The van der Waals surface area contributed by atoms with Crippen LogP contribution in [0.5, 0.6) is 0 Å². The largest absolute Gasteiger partial charge is 0.389 e. The van der Waals surface area contributed by atoms with E-state index in [0.717, 1.165) is 34.4 Å². The van der Waals surface area contributed by atoms with Gasteiger partial charge in [0.25, 0.3) is 0 Å². The van der Waals surface area contributed by atoms with Crippen LogP contribution in [0.1, 0.15) is 43.7 Å². The van der Waals surface area contributed by atoms with E-state index in [1.54, 1.807) is 18.7 Å². The lowest BCUT2D eigenvalue weighted by atomic mass is 10.1. The van der Waals surface area contributed by atoms with Crippen LogP contribution in [0, 0.1) is 0 Å². The summed E-state index contributed by atoms with van der Waals surface area (Å²) in [6.45, 7) is 2.80. The van der Waals surface area contributed by atoms with Crippen molar-refractivity contribution in [3.63, 3.8) is 0 Å². The van der Waals surface area contributed by atoms with Gasteiger partial charge >= 0.3 is 0 Å². The van der Waals surface area contributed by atoms with Crippen LogP contribution in [0.25, 0.3) is 0 Å². The minimum Gasteiger partial charge on any atom is -0.389 e. The molecule has 1 N–H and O–H groups in total. The van der Waals surface area contributed by atoms with Crippen molar-refractivity contribution in [1.29, 1.82) is 0 Å². The van der Waals surface area contributed by atoms with Crippen LogP contribution >= 0.6 is 11.8 Å². The number of fused-ring (bicyclic) bond motifs is 1. The Hall–Kier alpha value is -1.33. The number of aliphatic hydroxyl groups excluding tert-OH is 1. The molecule has 0 radical (unpaired) electrons. The summed E-state index contributed by atoms with van der Waals surface area (Å²) in [5, 5.41) is 19.4. The summed E-state index contributed by atoms with van der Waals surface area (Å²) in [7, 11) is 0. The van der Waals surface area contributed by atoms with Crippen LogP contribution in [0.4, 0.5) is 0 Å². The summed E-state index contributed by atoms with van der Waals surface area (Å²) >= 11 is 1.60. The molecule has 20 heavy (non-hydrogen) atoms. The summed E-state index contributed by atoms with van der Waals surface area (Å²) in [4.78, 5) is 1.06. The first-order valence-electron chi connectivity index (χ1n) is 7.12. The maximum atomic E-state index is 9.86. The summed E-state index contributed by atoms with van der Waals surface area (Å²) in [6, 6.07) is 7.95. The molecule has 0 fully saturated rings. The second-order valence-electron chi connectivity index (χ2n) is 5.18. The molecule has 3 rings (SSSR count). The van der Waals surface area contributed by atoms with Gasteiger partial charge in [-0.15, -0.1) is 10.2 Å². The second-order valence-corrected chi connectivity index (χ2v) is 6.19. The maximum absolute atomic E-state index is 9.86. The van der Waals surface area contributed by atoms with Crippen molar-refractivity contribution in [2.75, 3.05) is 0 Å². The van der Waals surface area contributed by atoms with Gasteiger partial charge in [0.15, 0.2) is 5.16 Å². The lowest BCUT2D eigenvalue weighted by molar-refractivity contribution is 0.196. The number of aliphatic hydroxyl groups is 1. The summed E-state index contributed by atoms with van der Waals surface area (Å²) in [6.07, 6.45) is 4.21. The highest BCUT2D eigenvalue weighted by Crippen LogP contribution is 2.33. The lowest BCUT2D eigenvalue weighted by Gasteiger charge is -2.11. The van der Waals surface area contributed by atoms with Gasteiger partial charge in [-0.1, -0.05) is 24.6 Å². The molecule has 2 aromatic rings. The van der Waals surface area contributed by atoms with Gasteiger partial charge in [-0.05, 0) is 43.2 Å². The second kappa shape index (κ2) is 5.97. The number of hydrogen-bond donors (Lipinski definition) is 1. The zero-order chi connectivity index (χ0) is 13.9. The fourth-order valence-electron chi connectivity index (χ4n) is 2.55. The van der Waals surface area contributed by atoms with E-state index in [4.69, 9.17) is 0 Å². The van der Waals surface area contributed by atoms with Crippen LogP contribution < -0.4 is 0 Å².